The molecule has 0 aliphatic heterocycles. The monoisotopic (exact) mass is 367 g/mol. The van der Waals surface area contributed by atoms with Crippen LogP contribution in [-0.2, 0) is 14.8 Å². The van der Waals surface area contributed by atoms with Crippen molar-refractivity contribution in [3.63, 3.8) is 0 Å². The van der Waals surface area contributed by atoms with E-state index in [2.05, 4.69) is 20.7 Å². The lowest BCUT2D eigenvalue weighted by molar-refractivity contribution is -0.147. The number of carboxylic acids is 1. The van der Waals surface area contributed by atoms with Crippen LogP contribution in [0.15, 0.2) is 27.6 Å². The van der Waals surface area contributed by atoms with Crippen molar-refractivity contribution in [3.05, 3.63) is 28.5 Å². The first-order valence-electron chi connectivity index (χ1n) is 5.80. The van der Waals surface area contributed by atoms with Gasteiger partial charge in [-0.05, 0) is 31.5 Å². The van der Waals surface area contributed by atoms with E-state index in [0.717, 1.165) is 12.1 Å². The van der Waals surface area contributed by atoms with E-state index in [1.54, 1.807) is 6.92 Å². The molecule has 0 bridgehead atoms. The third-order valence-corrected chi connectivity index (χ3v) is 5.06. The highest BCUT2D eigenvalue weighted by Gasteiger charge is 2.33. The van der Waals surface area contributed by atoms with Crippen LogP contribution in [0.25, 0.3) is 0 Å². The predicted octanol–water partition coefficient (Wildman–Crippen LogP) is 2.37. The fourth-order valence-electron chi connectivity index (χ4n) is 1.38. The van der Waals surface area contributed by atoms with Gasteiger partial charge in [0.05, 0.1) is 5.41 Å². The maximum atomic E-state index is 13.6. The normalized spacial score (nSPS) is 14.8. The molecule has 8 heteroatoms. The van der Waals surface area contributed by atoms with Crippen LogP contribution in [0.5, 0.6) is 0 Å². The second-order valence-corrected chi connectivity index (χ2v) is 7.27. The molecule has 20 heavy (non-hydrogen) atoms. The Hall–Kier alpha value is -0.990. The molecule has 1 aromatic rings. The van der Waals surface area contributed by atoms with Crippen molar-refractivity contribution in [2.24, 2.45) is 5.41 Å². The molecule has 0 saturated heterocycles. The average molecular weight is 368 g/mol. The molecule has 112 valence electrons. The number of sulfonamides is 1. The molecule has 0 saturated carbocycles. The lowest BCUT2D eigenvalue weighted by Gasteiger charge is -2.23. The Bertz CT molecular complexity index is 620. The van der Waals surface area contributed by atoms with Crippen molar-refractivity contribution in [2.75, 3.05) is 6.54 Å². The fourth-order valence-corrected chi connectivity index (χ4v) is 2.94. The van der Waals surface area contributed by atoms with E-state index >= 15 is 0 Å². The van der Waals surface area contributed by atoms with E-state index in [9.17, 15) is 17.6 Å². The molecule has 1 unspecified atom stereocenters. The summed E-state index contributed by atoms with van der Waals surface area (Å²) in [5, 5.41) is 9.08. The molecular weight excluding hydrogens is 353 g/mol. The molecule has 0 aromatic heterocycles. The number of carbonyl (C=O) groups is 1. The summed E-state index contributed by atoms with van der Waals surface area (Å²) >= 11 is 3.03. The number of hydrogen-bond donors (Lipinski definition) is 2. The van der Waals surface area contributed by atoms with Gasteiger partial charge in [0.1, 0.15) is 10.7 Å². The van der Waals surface area contributed by atoms with Crippen LogP contribution < -0.4 is 4.72 Å². The highest BCUT2D eigenvalue weighted by Crippen LogP contribution is 2.23. The number of nitrogens with one attached hydrogen (secondary N) is 1. The molecule has 0 fully saturated rings. The Labute approximate surface area is 125 Å². The molecule has 0 heterocycles. The Morgan fingerprint density at radius 3 is 2.55 bits per heavy atom. The molecule has 1 atom stereocenters. The first-order valence-corrected chi connectivity index (χ1v) is 8.08. The van der Waals surface area contributed by atoms with Crippen molar-refractivity contribution in [2.45, 2.75) is 25.2 Å². The Morgan fingerprint density at radius 2 is 2.10 bits per heavy atom. The summed E-state index contributed by atoms with van der Waals surface area (Å²) in [7, 11) is -4.09. The maximum Gasteiger partial charge on any atom is 0.310 e. The Kier molecular flexibility index (Phi) is 5.28. The lowest BCUT2D eigenvalue weighted by Crippen LogP contribution is -2.40. The van der Waals surface area contributed by atoms with Gasteiger partial charge in [-0.1, -0.05) is 22.9 Å². The molecule has 5 nitrogen and oxygen atoms in total. The number of hydrogen-bond acceptors (Lipinski definition) is 3. The smallest absolute Gasteiger partial charge is 0.310 e. The van der Waals surface area contributed by atoms with Gasteiger partial charge in [-0.2, -0.15) is 0 Å². The fraction of sp³-hybridized carbons (Fsp3) is 0.417. The van der Waals surface area contributed by atoms with Crippen molar-refractivity contribution >= 4 is 31.9 Å². The molecule has 0 radical (unpaired) electrons. The van der Waals surface area contributed by atoms with E-state index < -0.39 is 32.1 Å². The number of aliphatic carboxylic acids is 1. The van der Waals surface area contributed by atoms with E-state index in [1.807, 2.05) is 0 Å². The molecule has 0 spiro atoms. The number of carboxylic acid groups (broad SMARTS) is 1. The predicted molar refractivity (Wildman–Crippen MR) is 75.3 cm³/mol. The summed E-state index contributed by atoms with van der Waals surface area (Å²) in [5.41, 5.74) is -1.24. The van der Waals surface area contributed by atoms with Gasteiger partial charge in [0, 0.05) is 11.0 Å². The summed E-state index contributed by atoms with van der Waals surface area (Å²) in [6.07, 6.45) is 0.244. The second-order valence-electron chi connectivity index (χ2n) is 4.62. The van der Waals surface area contributed by atoms with E-state index in [4.69, 9.17) is 5.11 Å². The molecule has 2 N–H and O–H groups in total. The van der Waals surface area contributed by atoms with Crippen LogP contribution in [0.1, 0.15) is 20.3 Å². The maximum absolute atomic E-state index is 13.6. The highest BCUT2D eigenvalue weighted by atomic mass is 79.9. The van der Waals surface area contributed by atoms with Gasteiger partial charge in [-0.25, -0.2) is 17.5 Å². The molecule has 0 aliphatic rings. The zero-order valence-electron chi connectivity index (χ0n) is 11.0. The van der Waals surface area contributed by atoms with Crippen molar-refractivity contribution < 1.29 is 22.7 Å². The van der Waals surface area contributed by atoms with Gasteiger partial charge in [0.25, 0.3) is 0 Å². The molecule has 1 rings (SSSR count). The van der Waals surface area contributed by atoms with Gasteiger partial charge in [-0.3, -0.25) is 4.79 Å². The number of benzene rings is 1. The third kappa shape index (κ3) is 3.77. The van der Waals surface area contributed by atoms with Gasteiger partial charge in [0.15, 0.2) is 0 Å². The highest BCUT2D eigenvalue weighted by molar-refractivity contribution is 9.10. The second kappa shape index (κ2) is 6.19. The zero-order valence-corrected chi connectivity index (χ0v) is 13.4. The molecule has 1 aromatic carbocycles. The van der Waals surface area contributed by atoms with Crippen LogP contribution in [0.2, 0.25) is 0 Å². The largest absolute Gasteiger partial charge is 0.481 e. The number of halogens is 2. The SMILES string of the molecule is CCC(C)(CNS(=O)(=O)c1ccc(Br)cc1F)C(=O)O. The minimum atomic E-state index is -4.09. The Morgan fingerprint density at radius 1 is 1.50 bits per heavy atom. The summed E-state index contributed by atoms with van der Waals surface area (Å²) in [6, 6.07) is 3.55. The number of rotatable bonds is 6. The van der Waals surface area contributed by atoms with Crippen molar-refractivity contribution in [3.8, 4) is 0 Å². The quantitative estimate of drug-likeness (QED) is 0.808. The average Bonchev–Trinajstić information content (AvgIpc) is 2.35. The van der Waals surface area contributed by atoms with Crippen LogP contribution >= 0.6 is 15.9 Å². The van der Waals surface area contributed by atoms with Crippen LogP contribution in [0.3, 0.4) is 0 Å². The minimum Gasteiger partial charge on any atom is -0.481 e. The zero-order chi connectivity index (χ0) is 15.6. The van der Waals surface area contributed by atoms with Crippen molar-refractivity contribution in [1.82, 2.24) is 4.72 Å². The third-order valence-electron chi connectivity index (χ3n) is 3.13. The summed E-state index contributed by atoms with van der Waals surface area (Å²) in [6.45, 7) is 2.76. The molecule has 0 amide bonds. The van der Waals surface area contributed by atoms with Gasteiger partial charge in [0.2, 0.25) is 10.0 Å². The lowest BCUT2D eigenvalue weighted by atomic mass is 9.88. The van der Waals surface area contributed by atoms with E-state index in [0.29, 0.717) is 4.47 Å². The molecular formula is C12H15BrFNO4S. The summed E-state index contributed by atoms with van der Waals surface area (Å²) in [4.78, 5) is 10.6. The van der Waals surface area contributed by atoms with Gasteiger partial charge < -0.3 is 5.11 Å². The van der Waals surface area contributed by atoms with Crippen LogP contribution in [-0.4, -0.2) is 26.0 Å². The van der Waals surface area contributed by atoms with Crippen LogP contribution in [0, 0.1) is 11.2 Å². The first-order chi connectivity index (χ1) is 9.12. The van der Waals surface area contributed by atoms with E-state index in [-0.39, 0.29) is 13.0 Å². The topological polar surface area (TPSA) is 83.5 Å². The Balaban J connectivity index is 2.99. The van der Waals surface area contributed by atoms with Gasteiger partial charge in [-0.15, -0.1) is 0 Å². The first kappa shape index (κ1) is 17.1. The standard InChI is InChI=1S/C12H15BrFNO4S/c1-3-12(2,11(16)17)7-15-20(18,19)10-5-4-8(13)6-9(10)14/h4-6,15H,3,7H2,1-2H3,(H,16,17). The van der Waals surface area contributed by atoms with E-state index in [1.165, 1.54) is 13.0 Å². The van der Waals surface area contributed by atoms with Crippen molar-refractivity contribution in [1.29, 1.82) is 0 Å². The molecule has 0 aliphatic carbocycles. The summed E-state index contributed by atoms with van der Waals surface area (Å²) < 4.78 is 40.2. The van der Waals surface area contributed by atoms with Crippen LogP contribution in [0.4, 0.5) is 4.39 Å². The minimum absolute atomic E-state index is 0.244. The van der Waals surface area contributed by atoms with Gasteiger partial charge >= 0.3 is 5.97 Å². The summed E-state index contributed by atoms with van der Waals surface area (Å²) in [5.74, 6) is -2.01.